The SMILES string of the molecule is Nc1ccc(-c2ccc(CO)c(F)c2)nc1NCc1ccc2ncccc2c1. The summed E-state index contributed by atoms with van der Waals surface area (Å²) in [6.07, 6.45) is 1.77. The summed E-state index contributed by atoms with van der Waals surface area (Å²) in [5.41, 5.74) is 10.1. The van der Waals surface area contributed by atoms with Crippen molar-refractivity contribution >= 4 is 22.4 Å². The number of hydrogen-bond donors (Lipinski definition) is 3. The van der Waals surface area contributed by atoms with Crippen molar-refractivity contribution in [3.63, 3.8) is 0 Å². The Morgan fingerprint density at radius 2 is 1.93 bits per heavy atom. The van der Waals surface area contributed by atoms with E-state index in [9.17, 15) is 4.39 Å². The Balaban J connectivity index is 1.57. The monoisotopic (exact) mass is 374 g/mol. The summed E-state index contributed by atoms with van der Waals surface area (Å²) in [5.74, 6) is 0.0772. The first-order chi connectivity index (χ1) is 13.6. The maximum absolute atomic E-state index is 14.0. The summed E-state index contributed by atoms with van der Waals surface area (Å²) < 4.78 is 14.0. The van der Waals surface area contributed by atoms with Crippen LogP contribution in [0.5, 0.6) is 0 Å². The van der Waals surface area contributed by atoms with Crippen LogP contribution in [0.2, 0.25) is 0 Å². The maximum atomic E-state index is 14.0. The molecule has 4 aromatic rings. The lowest BCUT2D eigenvalue weighted by Gasteiger charge is -2.11. The molecule has 0 saturated carbocycles. The van der Waals surface area contributed by atoms with Gasteiger partial charge in [-0.25, -0.2) is 9.37 Å². The zero-order valence-electron chi connectivity index (χ0n) is 15.1. The van der Waals surface area contributed by atoms with Crippen molar-refractivity contribution in [2.24, 2.45) is 0 Å². The average Bonchev–Trinajstić information content (AvgIpc) is 2.73. The van der Waals surface area contributed by atoms with E-state index in [1.807, 2.05) is 24.3 Å². The van der Waals surface area contributed by atoms with Crippen LogP contribution < -0.4 is 11.1 Å². The average molecular weight is 374 g/mol. The first-order valence-electron chi connectivity index (χ1n) is 8.88. The highest BCUT2D eigenvalue weighted by Gasteiger charge is 2.09. The Hall–Kier alpha value is -3.51. The molecule has 0 bridgehead atoms. The van der Waals surface area contributed by atoms with Crippen LogP contribution in [0.3, 0.4) is 0 Å². The molecule has 0 spiro atoms. The highest BCUT2D eigenvalue weighted by molar-refractivity contribution is 5.79. The number of fused-ring (bicyclic) bond motifs is 1. The van der Waals surface area contributed by atoms with Crippen molar-refractivity contribution in [2.45, 2.75) is 13.2 Å². The summed E-state index contributed by atoms with van der Waals surface area (Å²) in [4.78, 5) is 8.86. The first kappa shape index (κ1) is 17.9. The third kappa shape index (κ3) is 3.63. The lowest BCUT2D eigenvalue weighted by molar-refractivity contribution is 0.276. The van der Waals surface area contributed by atoms with E-state index in [4.69, 9.17) is 10.8 Å². The molecule has 2 heterocycles. The summed E-state index contributed by atoms with van der Waals surface area (Å²) >= 11 is 0. The van der Waals surface area contributed by atoms with Crippen LogP contribution in [-0.4, -0.2) is 15.1 Å². The molecule has 0 unspecified atom stereocenters. The van der Waals surface area contributed by atoms with E-state index in [0.29, 0.717) is 29.3 Å². The van der Waals surface area contributed by atoms with Crippen LogP contribution in [0.1, 0.15) is 11.1 Å². The molecule has 0 amide bonds. The van der Waals surface area contributed by atoms with Crippen molar-refractivity contribution in [1.82, 2.24) is 9.97 Å². The Morgan fingerprint density at radius 3 is 2.75 bits per heavy atom. The Bertz CT molecular complexity index is 1150. The van der Waals surface area contributed by atoms with Gasteiger partial charge in [-0.3, -0.25) is 4.98 Å². The number of pyridine rings is 2. The molecule has 0 radical (unpaired) electrons. The molecule has 5 nitrogen and oxygen atoms in total. The maximum Gasteiger partial charge on any atom is 0.150 e. The van der Waals surface area contributed by atoms with Gasteiger partial charge in [0, 0.05) is 29.3 Å². The fourth-order valence-electron chi connectivity index (χ4n) is 3.03. The van der Waals surface area contributed by atoms with Crippen LogP contribution in [0.4, 0.5) is 15.9 Å². The fraction of sp³-hybridized carbons (Fsp3) is 0.0909. The van der Waals surface area contributed by atoms with Gasteiger partial charge in [0.05, 0.1) is 23.5 Å². The number of halogens is 1. The van der Waals surface area contributed by atoms with E-state index in [1.165, 1.54) is 6.07 Å². The van der Waals surface area contributed by atoms with Gasteiger partial charge in [-0.05, 0) is 42.0 Å². The second kappa shape index (κ2) is 7.62. The van der Waals surface area contributed by atoms with E-state index < -0.39 is 5.82 Å². The summed E-state index contributed by atoms with van der Waals surface area (Å²) in [6.45, 7) is 0.207. The zero-order valence-corrected chi connectivity index (χ0v) is 15.1. The normalized spacial score (nSPS) is 10.9. The first-order valence-corrected chi connectivity index (χ1v) is 8.88. The minimum atomic E-state index is -0.460. The van der Waals surface area contributed by atoms with Crippen molar-refractivity contribution in [1.29, 1.82) is 0 Å². The van der Waals surface area contributed by atoms with Gasteiger partial charge >= 0.3 is 0 Å². The molecule has 28 heavy (non-hydrogen) atoms. The van der Waals surface area contributed by atoms with Crippen LogP contribution in [0.15, 0.2) is 66.9 Å². The second-order valence-electron chi connectivity index (χ2n) is 6.48. The van der Waals surface area contributed by atoms with Gasteiger partial charge in [-0.15, -0.1) is 0 Å². The highest BCUT2D eigenvalue weighted by Crippen LogP contribution is 2.25. The molecule has 0 aliphatic carbocycles. The van der Waals surface area contributed by atoms with E-state index in [1.54, 1.807) is 30.5 Å². The van der Waals surface area contributed by atoms with Gasteiger partial charge in [0.1, 0.15) is 11.6 Å². The van der Waals surface area contributed by atoms with Crippen LogP contribution in [0, 0.1) is 5.82 Å². The number of aliphatic hydroxyl groups excluding tert-OH is 1. The zero-order chi connectivity index (χ0) is 19.5. The summed E-state index contributed by atoms with van der Waals surface area (Å²) in [7, 11) is 0. The number of hydrogen-bond acceptors (Lipinski definition) is 5. The third-order valence-corrected chi connectivity index (χ3v) is 4.57. The Labute approximate surface area is 161 Å². The molecular formula is C22H19FN4O. The molecule has 2 aromatic carbocycles. The standard InChI is InChI=1S/C22H19FN4O/c23-18-11-16(4-5-17(18)13-28)21-8-6-19(24)22(27-21)26-12-14-3-7-20-15(10-14)2-1-9-25-20/h1-11,28H,12-13,24H2,(H,26,27). The summed E-state index contributed by atoms with van der Waals surface area (Å²) in [6, 6.07) is 18.1. The fourth-order valence-corrected chi connectivity index (χ4v) is 3.03. The molecular weight excluding hydrogens is 355 g/mol. The molecule has 0 fully saturated rings. The van der Waals surface area contributed by atoms with Crippen molar-refractivity contribution < 1.29 is 9.50 Å². The predicted molar refractivity (Wildman–Crippen MR) is 109 cm³/mol. The van der Waals surface area contributed by atoms with Gasteiger partial charge in [0.25, 0.3) is 0 Å². The number of benzene rings is 2. The molecule has 0 saturated heterocycles. The van der Waals surface area contributed by atoms with E-state index in [-0.39, 0.29) is 12.2 Å². The van der Waals surface area contributed by atoms with Gasteiger partial charge in [-0.1, -0.05) is 24.3 Å². The van der Waals surface area contributed by atoms with E-state index in [0.717, 1.165) is 16.5 Å². The largest absolute Gasteiger partial charge is 0.396 e. The third-order valence-electron chi connectivity index (χ3n) is 4.57. The van der Waals surface area contributed by atoms with Gasteiger partial charge < -0.3 is 16.2 Å². The number of nitrogens with one attached hydrogen (secondary N) is 1. The van der Waals surface area contributed by atoms with E-state index in [2.05, 4.69) is 21.4 Å². The van der Waals surface area contributed by atoms with E-state index >= 15 is 0 Å². The van der Waals surface area contributed by atoms with Crippen molar-refractivity contribution in [3.8, 4) is 11.3 Å². The number of nitrogen functional groups attached to an aromatic ring is 1. The number of aromatic nitrogens is 2. The molecule has 4 rings (SSSR count). The summed E-state index contributed by atoms with van der Waals surface area (Å²) in [5, 5.41) is 13.4. The molecule has 6 heteroatoms. The highest BCUT2D eigenvalue weighted by atomic mass is 19.1. The number of rotatable bonds is 5. The molecule has 140 valence electrons. The molecule has 0 aliphatic rings. The van der Waals surface area contributed by atoms with Crippen LogP contribution in [0.25, 0.3) is 22.2 Å². The van der Waals surface area contributed by atoms with Crippen molar-refractivity contribution in [2.75, 3.05) is 11.1 Å². The van der Waals surface area contributed by atoms with Crippen molar-refractivity contribution in [3.05, 3.63) is 83.8 Å². The minimum Gasteiger partial charge on any atom is -0.396 e. The van der Waals surface area contributed by atoms with Gasteiger partial charge in [0.15, 0.2) is 0 Å². The quantitative estimate of drug-likeness (QED) is 0.489. The topological polar surface area (TPSA) is 84.1 Å². The molecule has 0 aliphatic heterocycles. The van der Waals surface area contributed by atoms with Crippen LogP contribution >= 0.6 is 0 Å². The number of aliphatic hydroxyl groups is 1. The lowest BCUT2D eigenvalue weighted by Crippen LogP contribution is -2.05. The molecule has 4 N–H and O–H groups in total. The van der Waals surface area contributed by atoms with Gasteiger partial charge in [0.2, 0.25) is 0 Å². The number of nitrogens with zero attached hydrogens (tertiary/aromatic N) is 2. The molecule has 0 atom stereocenters. The number of nitrogens with two attached hydrogens (primary N) is 1. The second-order valence-corrected chi connectivity index (χ2v) is 6.48. The number of anilines is 2. The molecule has 2 aromatic heterocycles. The Morgan fingerprint density at radius 1 is 1.04 bits per heavy atom. The van der Waals surface area contributed by atoms with Gasteiger partial charge in [-0.2, -0.15) is 0 Å². The predicted octanol–water partition coefficient (Wildman–Crippen LogP) is 4.12. The lowest BCUT2D eigenvalue weighted by atomic mass is 10.1. The van der Waals surface area contributed by atoms with Crippen LogP contribution in [-0.2, 0) is 13.2 Å². The minimum absolute atomic E-state index is 0.253. The smallest absolute Gasteiger partial charge is 0.150 e. The Kier molecular flexibility index (Phi) is 4.87.